The molecule has 0 heterocycles. The van der Waals surface area contributed by atoms with Crippen LogP contribution in [0.25, 0.3) is 0 Å². The molecule has 19 heavy (non-hydrogen) atoms. The third-order valence-corrected chi connectivity index (χ3v) is 4.16. The minimum atomic E-state index is -1.53. The highest BCUT2D eigenvalue weighted by atomic mass is 16.6. The number of carbonyl (C=O) groups excluding carboxylic acids is 1. The molecule has 5 nitrogen and oxygen atoms in total. The quantitative estimate of drug-likeness (QED) is 0.611. The van der Waals surface area contributed by atoms with Crippen LogP contribution < -0.4 is 0 Å². The minimum absolute atomic E-state index is 0.166. The van der Waals surface area contributed by atoms with E-state index in [0.29, 0.717) is 12.8 Å². The highest BCUT2D eigenvalue weighted by molar-refractivity contribution is 5.99. The van der Waals surface area contributed by atoms with Gasteiger partial charge in [-0.1, -0.05) is 20.3 Å². The Hall–Kier alpha value is -1.57. The van der Waals surface area contributed by atoms with E-state index in [0.717, 1.165) is 19.3 Å². The highest BCUT2D eigenvalue weighted by Crippen LogP contribution is 2.36. The molecule has 0 aromatic heterocycles. The topological polar surface area (TPSA) is 87.4 Å². The van der Waals surface area contributed by atoms with Gasteiger partial charge in [0.2, 0.25) is 0 Å². The maximum atomic E-state index is 12.2. The van der Waals surface area contributed by atoms with Crippen molar-refractivity contribution in [3.8, 4) is 6.07 Å². The fourth-order valence-electron chi connectivity index (χ4n) is 2.56. The van der Waals surface area contributed by atoms with E-state index in [1.165, 1.54) is 0 Å². The largest absolute Gasteiger partial charge is 0.480 e. The molecular weight excluding hydrogens is 246 g/mol. The van der Waals surface area contributed by atoms with Crippen molar-refractivity contribution < 1.29 is 19.4 Å². The Morgan fingerprint density at radius 1 is 1.26 bits per heavy atom. The van der Waals surface area contributed by atoms with Gasteiger partial charge < -0.3 is 9.84 Å². The zero-order valence-corrected chi connectivity index (χ0v) is 11.6. The van der Waals surface area contributed by atoms with Crippen LogP contribution in [-0.4, -0.2) is 22.6 Å². The fraction of sp³-hybridized carbons (Fsp3) is 0.786. The molecule has 5 heteroatoms. The Kier molecular flexibility index (Phi) is 4.93. The van der Waals surface area contributed by atoms with E-state index in [9.17, 15) is 20.0 Å². The Balaban J connectivity index is 2.93. The summed E-state index contributed by atoms with van der Waals surface area (Å²) >= 11 is 0. The molecule has 0 aliphatic heterocycles. The van der Waals surface area contributed by atoms with Gasteiger partial charge in [-0.3, -0.25) is 9.59 Å². The lowest BCUT2D eigenvalue weighted by atomic mass is 9.81. The summed E-state index contributed by atoms with van der Waals surface area (Å²) in [7, 11) is 0. The molecule has 0 atom stereocenters. The van der Waals surface area contributed by atoms with Crippen LogP contribution in [0.2, 0.25) is 0 Å². The van der Waals surface area contributed by atoms with Crippen molar-refractivity contribution in [1.29, 1.82) is 5.26 Å². The van der Waals surface area contributed by atoms with E-state index in [1.54, 1.807) is 13.8 Å². The number of aliphatic carboxylic acids is 1. The van der Waals surface area contributed by atoms with Crippen molar-refractivity contribution >= 4 is 11.9 Å². The van der Waals surface area contributed by atoms with E-state index in [4.69, 9.17) is 4.74 Å². The summed E-state index contributed by atoms with van der Waals surface area (Å²) in [5, 5.41) is 18.6. The normalized spacial score (nSPS) is 18.4. The van der Waals surface area contributed by atoms with Gasteiger partial charge in [-0.2, -0.15) is 5.26 Å². The molecule has 0 spiro atoms. The van der Waals surface area contributed by atoms with Gasteiger partial charge in [0.25, 0.3) is 0 Å². The highest BCUT2D eigenvalue weighted by Gasteiger charge is 2.48. The average molecular weight is 267 g/mol. The standard InChI is InChI=1S/C14H21NO4/c1-3-14(4-2,11(16)17)12(18)19-13(10-15)8-6-5-7-9-13/h3-9H2,1-2H3,(H,16,17). The van der Waals surface area contributed by atoms with Gasteiger partial charge >= 0.3 is 11.9 Å². The number of ether oxygens (including phenoxy) is 1. The third kappa shape index (κ3) is 2.89. The summed E-state index contributed by atoms with van der Waals surface area (Å²) in [4.78, 5) is 23.6. The van der Waals surface area contributed by atoms with E-state index in [1.807, 2.05) is 0 Å². The molecule has 0 aromatic rings. The van der Waals surface area contributed by atoms with Crippen LogP contribution in [0.3, 0.4) is 0 Å². The molecular formula is C14H21NO4. The van der Waals surface area contributed by atoms with Crippen LogP contribution in [0.15, 0.2) is 0 Å². The van der Waals surface area contributed by atoms with E-state index < -0.39 is 23.0 Å². The van der Waals surface area contributed by atoms with Crippen LogP contribution in [0, 0.1) is 16.7 Å². The molecule has 1 N–H and O–H groups in total. The van der Waals surface area contributed by atoms with Crippen LogP contribution in [0.4, 0.5) is 0 Å². The number of carbonyl (C=O) groups is 2. The summed E-state index contributed by atoms with van der Waals surface area (Å²) in [6.45, 7) is 3.30. The van der Waals surface area contributed by atoms with Crippen molar-refractivity contribution in [1.82, 2.24) is 0 Å². The van der Waals surface area contributed by atoms with Crippen molar-refractivity contribution in [2.75, 3.05) is 0 Å². The summed E-state index contributed by atoms with van der Waals surface area (Å²) in [6.07, 6.45) is 4.01. The Morgan fingerprint density at radius 2 is 1.79 bits per heavy atom. The summed E-state index contributed by atoms with van der Waals surface area (Å²) < 4.78 is 5.36. The van der Waals surface area contributed by atoms with Gasteiger partial charge in [0, 0.05) is 12.8 Å². The maximum Gasteiger partial charge on any atom is 0.325 e. The van der Waals surface area contributed by atoms with Crippen LogP contribution >= 0.6 is 0 Å². The maximum absolute atomic E-state index is 12.2. The number of rotatable bonds is 5. The van der Waals surface area contributed by atoms with E-state index in [2.05, 4.69) is 6.07 Å². The predicted molar refractivity (Wildman–Crippen MR) is 68.2 cm³/mol. The zero-order valence-electron chi connectivity index (χ0n) is 11.6. The SMILES string of the molecule is CCC(CC)(C(=O)O)C(=O)OC1(C#N)CCCCC1. The Labute approximate surface area is 113 Å². The second-order valence-corrected chi connectivity index (χ2v) is 5.15. The zero-order chi connectivity index (χ0) is 14.5. The smallest absolute Gasteiger partial charge is 0.325 e. The summed E-state index contributed by atoms with van der Waals surface area (Å²) in [5.74, 6) is -1.94. The average Bonchev–Trinajstić information content (AvgIpc) is 2.41. The van der Waals surface area contributed by atoms with E-state index in [-0.39, 0.29) is 12.8 Å². The van der Waals surface area contributed by atoms with Crippen LogP contribution in [-0.2, 0) is 14.3 Å². The van der Waals surface area contributed by atoms with Gasteiger partial charge in [-0.05, 0) is 25.7 Å². The molecule has 0 bridgehead atoms. The molecule has 0 amide bonds. The first-order valence-corrected chi connectivity index (χ1v) is 6.84. The molecule has 0 aromatic carbocycles. The number of hydrogen-bond donors (Lipinski definition) is 1. The first-order valence-electron chi connectivity index (χ1n) is 6.84. The number of nitriles is 1. The summed E-state index contributed by atoms with van der Waals surface area (Å²) in [6, 6.07) is 2.07. The molecule has 0 saturated heterocycles. The van der Waals surface area contributed by atoms with Crippen LogP contribution in [0.5, 0.6) is 0 Å². The number of nitrogens with zero attached hydrogens (tertiary/aromatic N) is 1. The first kappa shape index (κ1) is 15.5. The molecule has 1 rings (SSSR count). The van der Waals surface area contributed by atoms with Crippen molar-refractivity contribution in [3.05, 3.63) is 0 Å². The number of hydrogen-bond acceptors (Lipinski definition) is 4. The third-order valence-electron chi connectivity index (χ3n) is 4.16. The summed E-state index contributed by atoms with van der Waals surface area (Å²) in [5.41, 5.74) is -2.65. The molecule has 106 valence electrons. The van der Waals surface area contributed by atoms with E-state index >= 15 is 0 Å². The van der Waals surface area contributed by atoms with Gasteiger partial charge in [0.15, 0.2) is 11.0 Å². The monoisotopic (exact) mass is 267 g/mol. The lowest BCUT2D eigenvalue weighted by Crippen LogP contribution is -2.45. The molecule has 1 saturated carbocycles. The van der Waals surface area contributed by atoms with Gasteiger partial charge in [0.1, 0.15) is 6.07 Å². The number of carboxylic acids is 1. The van der Waals surface area contributed by atoms with Gasteiger partial charge in [-0.15, -0.1) is 0 Å². The Bertz CT molecular complexity index is 387. The van der Waals surface area contributed by atoms with Crippen molar-refractivity contribution in [2.45, 2.75) is 64.4 Å². The molecule has 1 fully saturated rings. The van der Waals surface area contributed by atoms with Gasteiger partial charge in [-0.25, -0.2) is 0 Å². The number of carboxylic acid groups (broad SMARTS) is 1. The molecule has 0 radical (unpaired) electrons. The number of esters is 1. The van der Waals surface area contributed by atoms with Crippen molar-refractivity contribution in [3.63, 3.8) is 0 Å². The van der Waals surface area contributed by atoms with Crippen molar-refractivity contribution in [2.24, 2.45) is 5.41 Å². The molecule has 0 unspecified atom stereocenters. The molecule has 1 aliphatic carbocycles. The Morgan fingerprint density at radius 3 is 2.16 bits per heavy atom. The second-order valence-electron chi connectivity index (χ2n) is 5.15. The molecule has 1 aliphatic rings. The fourth-order valence-corrected chi connectivity index (χ4v) is 2.56. The van der Waals surface area contributed by atoms with Gasteiger partial charge in [0.05, 0.1) is 0 Å². The predicted octanol–water partition coefficient (Wildman–Crippen LogP) is 2.65. The first-order chi connectivity index (χ1) is 8.96. The minimum Gasteiger partial charge on any atom is -0.480 e. The lowest BCUT2D eigenvalue weighted by Gasteiger charge is -2.34. The second kappa shape index (κ2) is 6.05. The lowest BCUT2D eigenvalue weighted by molar-refractivity contribution is -0.179. The van der Waals surface area contributed by atoms with Crippen LogP contribution in [0.1, 0.15) is 58.8 Å².